The van der Waals surface area contributed by atoms with Gasteiger partial charge >= 0.3 is 0 Å². The van der Waals surface area contributed by atoms with E-state index in [0.717, 1.165) is 12.8 Å². The van der Waals surface area contributed by atoms with Crippen molar-refractivity contribution in [3.8, 4) is 0 Å². The van der Waals surface area contributed by atoms with Crippen molar-refractivity contribution in [2.24, 2.45) is 0 Å². The summed E-state index contributed by atoms with van der Waals surface area (Å²) >= 11 is 0. The number of hydrogen-bond donors (Lipinski definition) is 2. The molecule has 0 aromatic rings. The molecular weight excluding hydrogens is 188 g/mol. The normalized spacial score (nSPS) is 13.1. The molecule has 1 unspecified atom stereocenters. The van der Waals surface area contributed by atoms with Gasteiger partial charge in [0.1, 0.15) is 6.61 Å². The van der Waals surface area contributed by atoms with Crippen molar-refractivity contribution >= 4 is 0 Å². The highest BCUT2D eigenvalue weighted by Gasteiger charge is 2.01. The molecule has 0 heterocycles. The molecule has 0 fully saturated rings. The Morgan fingerprint density at radius 3 is 2.57 bits per heavy atom. The fraction of sp³-hybridized carbons (Fsp3) is 1.00. The van der Waals surface area contributed by atoms with Crippen LogP contribution in [0.1, 0.15) is 19.8 Å². The van der Waals surface area contributed by atoms with Gasteiger partial charge in [-0.2, -0.15) is 0 Å². The number of ether oxygens (including phenoxy) is 2. The molecule has 5 nitrogen and oxygen atoms in total. The van der Waals surface area contributed by atoms with Gasteiger partial charge in [-0.25, -0.2) is 4.89 Å². The largest absolute Gasteiger partial charge is 0.396 e. The summed E-state index contributed by atoms with van der Waals surface area (Å²) in [4.78, 5) is 3.86. The molecule has 86 valence electrons. The average Bonchev–Trinajstić information content (AvgIpc) is 2.18. The summed E-state index contributed by atoms with van der Waals surface area (Å²) in [5.41, 5.74) is 0. The van der Waals surface area contributed by atoms with Crippen LogP contribution in [-0.4, -0.2) is 49.5 Å². The third-order valence-corrected chi connectivity index (χ3v) is 1.63. The molecule has 0 saturated heterocycles. The van der Waals surface area contributed by atoms with E-state index in [1.165, 1.54) is 0 Å². The molecule has 0 aromatic heterocycles. The Kier molecular flexibility index (Phi) is 10.7. The van der Waals surface area contributed by atoms with Gasteiger partial charge in [0.25, 0.3) is 0 Å². The molecule has 5 heteroatoms. The van der Waals surface area contributed by atoms with Gasteiger partial charge in [-0.3, -0.25) is 5.26 Å². The lowest BCUT2D eigenvalue weighted by molar-refractivity contribution is -0.251. The van der Waals surface area contributed by atoms with Gasteiger partial charge in [0.2, 0.25) is 0 Å². The summed E-state index contributed by atoms with van der Waals surface area (Å²) in [6, 6.07) is 0. The summed E-state index contributed by atoms with van der Waals surface area (Å²) in [6.45, 7) is 3.81. The molecule has 2 N–H and O–H groups in total. The first kappa shape index (κ1) is 13.8. The van der Waals surface area contributed by atoms with E-state index < -0.39 is 0 Å². The van der Waals surface area contributed by atoms with Crippen LogP contribution in [0.25, 0.3) is 0 Å². The summed E-state index contributed by atoms with van der Waals surface area (Å²) in [5.74, 6) is 0. The first-order valence-electron chi connectivity index (χ1n) is 4.87. The van der Waals surface area contributed by atoms with Gasteiger partial charge in [-0.1, -0.05) is 0 Å². The molecule has 0 rings (SSSR count). The number of hydrogen-bond acceptors (Lipinski definition) is 5. The molecule has 1 atom stereocenters. The van der Waals surface area contributed by atoms with Crippen molar-refractivity contribution < 1.29 is 24.7 Å². The van der Waals surface area contributed by atoms with Crippen LogP contribution >= 0.6 is 0 Å². The Bertz CT molecular complexity index is 109. The summed E-state index contributed by atoms with van der Waals surface area (Å²) in [7, 11) is 0. The number of aliphatic hydroxyl groups excluding tert-OH is 1. The van der Waals surface area contributed by atoms with Crippen molar-refractivity contribution in [2.75, 3.05) is 33.0 Å². The fourth-order valence-corrected chi connectivity index (χ4v) is 0.900. The highest BCUT2D eigenvalue weighted by Crippen LogP contribution is 1.94. The molecule has 0 aromatic carbocycles. The Morgan fingerprint density at radius 2 is 1.93 bits per heavy atom. The standard InChI is InChI=1S/C9H20O5/c1-9(13-6-7-14-11)8-12-5-3-2-4-10/h9-11H,2-8H2,1H3. The van der Waals surface area contributed by atoms with E-state index in [4.69, 9.17) is 19.8 Å². The zero-order chi connectivity index (χ0) is 10.6. The molecule has 0 saturated carbocycles. The maximum absolute atomic E-state index is 8.50. The van der Waals surface area contributed by atoms with E-state index in [2.05, 4.69) is 4.89 Å². The van der Waals surface area contributed by atoms with Gasteiger partial charge < -0.3 is 14.6 Å². The summed E-state index contributed by atoms with van der Waals surface area (Å²) < 4.78 is 10.5. The summed E-state index contributed by atoms with van der Waals surface area (Å²) in [6.07, 6.45) is 1.63. The lowest BCUT2D eigenvalue weighted by Gasteiger charge is -2.12. The van der Waals surface area contributed by atoms with Crippen LogP contribution in [0.4, 0.5) is 0 Å². The predicted molar refractivity (Wildman–Crippen MR) is 51.1 cm³/mol. The van der Waals surface area contributed by atoms with Crippen LogP contribution in [-0.2, 0) is 14.4 Å². The van der Waals surface area contributed by atoms with E-state index in [-0.39, 0.29) is 19.3 Å². The molecule has 0 spiro atoms. The predicted octanol–water partition coefficient (Wildman–Crippen LogP) is 0.670. The molecule has 0 bridgehead atoms. The highest BCUT2D eigenvalue weighted by atomic mass is 17.1. The Labute approximate surface area is 84.5 Å². The van der Waals surface area contributed by atoms with Crippen molar-refractivity contribution in [1.29, 1.82) is 0 Å². The summed E-state index contributed by atoms with van der Waals surface area (Å²) in [5, 5.41) is 16.5. The van der Waals surface area contributed by atoms with Crippen LogP contribution < -0.4 is 0 Å². The van der Waals surface area contributed by atoms with Crippen molar-refractivity contribution in [1.82, 2.24) is 0 Å². The zero-order valence-corrected chi connectivity index (χ0v) is 8.65. The van der Waals surface area contributed by atoms with E-state index in [1.807, 2.05) is 6.92 Å². The maximum Gasteiger partial charge on any atom is 0.105 e. The van der Waals surface area contributed by atoms with Crippen molar-refractivity contribution in [3.63, 3.8) is 0 Å². The smallest absolute Gasteiger partial charge is 0.105 e. The van der Waals surface area contributed by atoms with Crippen LogP contribution in [0.2, 0.25) is 0 Å². The SMILES string of the molecule is CC(COCCCCO)OCCOO. The minimum Gasteiger partial charge on any atom is -0.396 e. The zero-order valence-electron chi connectivity index (χ0n) is 8.65. The lowest BCUT2D eigenvalue weighted by Crippen LogP contribution is -2.18. The maximum atomic E-state index is 8.50. The van der Waals surface area contributed by atoms with Gasteiger partial charge in [0.15, 0.2) is 0 Å². The monoisotopic (exact) mass is 208 g/mol. The Balaban J connectivity index is 3.06. The third-order valence-electron chi connectivity index (χ3n) is 1.63. The third kappa shape index (κ3) is 9.88. The first-order valence-corrected chi connectivity index (χ1v) is 4.87. The van der Waals surface area contributed by atoms with Crippen LogP contribution in [0.5, 0.6) is 0 Å². The average molecular weight is 208 g/mol. The number of unbranched alkanes of at least 4 members (excludes halogenated alkanes) is 1. The van der Waals surface area contributed by atoms with E-state index >= 15 is 0 Å². The minimum atomic E-state index is -0.000670. The number of aliphatic hydroxyl groups is 1. The van der Waals surface area contributed by atoms with Gasteiger partial charge in [-0.05, 0) is 19.8 Å². The molecule has 14 heavy (non-hydrogen) atoms. The fourth-order valence-electron chi connectivity index (χ4n) is 0.900. The van der Waals surface area contributed by atoms with Crippen LogP contribution in [0.15, 0.2) is 0 Å². The van der Waals surface area contributed by atoms with E-state index in [1.54, 1.807) is 0 Å². The van der Waals surface area contributed by atoms with Crippen molar-refractivity contribution in [3.05, 3.63) is 0 Å². The van der Waals surface area contributed by atoms with Gasteiger partial charge in [0, 0.05) is 13.2 Å². The van der Waals surface area contributed by atoms with Crippen molar-refractivity contribution in [2.45, 2.75) is 25.9 Å². The molecular formula is C9H20O5. The topological polar surface area (TPSA) is 68.2 Å². The lowest BCUT2D eigenvalue weighted by atomic mass is 10.3. The molecule has 0 aliphatic carbocycles. The minimum absolute atomic E-state index is 0.000670. The van der Waals surface area contributed by atoms with Gasteiger partial charge in [0.05, 0.1) is 19.3 Å². The highest BCUT2D eigenvalue weighted by molar-refractivity contribution is 4.47. The second-order valence-corrected chi connectivity index (χ2v) is 3.02. The molecule has 0 aliphatic heterocycles. The molecule has 0 aliphatic rings. The Hall–Kier alpha value is -0.200. The van der Waals surface area contributed by atoms with E-state index in [0.29, 0.717) is 19.8 Å². The second kappa shape index (κ2) is 10.9. The first-order chi connectivity index (χ1) is 6.81. The van der Waals surface area contributed by atoms with E-state index in [9.17, 15) is 0 Å². The second-order valence-electron chi connectivity index (χ2n) is 3.02. The van der Waals surface area contributed by atoms with Crippen LogP contribution in [0, 0.1) is 0 Å². The molecule has 0 amide bonds. The van der Waals surface area contributed by atoms with Gasteiger partial charge in [-0.15, -0.1) is 0 Å². The van der Waals surface area contributed by atoms with Crippen LogP contribution in [0.3, 0.4) is 0 Å². The quantitative estimate of drug-likeness (QED) is 0.314. The Morgan fingerprint density at radius 1 is 1.14 bits per heavy atom. The molecule has 0 radical (unpaired) electrons. The number of rotatable bonds is 10.